The summed E-state index contributed by atoms with van der Waals surface area (Å²) in [6, 6.07) is 8.97. The second-order valence-electron chi connectivity index (χ2n) is 4.04. The van der Waals surface area contributed by atoms with E-state index in [-0.39, 0.29) is 0 Å². The molecule has 2 rings (SSSR count). The van der Waals surface area contributed by atoms with Crippen LogP contribution in [0.5, 0.6) is 0 Å². The molecule has 0 bridgehead atoms. The number of hydrogen-bond donors (Lipinski definition) is 0. The maximum atomic E-state index is 2.31. The second-order valence-corrected chi connectivity index (χ2v) is 4.04. The summed E-state index contributed by atoms with van der Waals surface area (Å²) in [7, 11) is 0. The summed E-state index contributed by atoms with van der Waals surface area (Å²) in [6.45, 7) is 0. The van der Waals surface area contributed by atoms with Crippen LogP contribution in [0.3, 0.4) is 0 Å². The van der Waals surface area contributed by atoms with Crippen molar-refractivity contribution in [3.05, 3.63) is 35.4 Å². The zero-order valence-corrected chi connectivity index (χ0v) is 8.26. The minimum absolute atomic E-state index is 1.30. The van der Waals surface area contributed by atoms with Gasteiger partial charge >= 0.3 is 0 Å². The van der Waals surface area contributed by atoms with Crippen molar-refractivity contribution in [3.63, 3.8) is 0 Å². The molecule has 0 N–H and O–H groups in total. The zero-order chi connectivity index (χ0) is 8.93. The predicted molar refractivity (Wildman–Crippen MR) is 56.9 cm³/mol. The van der Waals surface area contributed by atoms with E-state index < -0.39 is 0 Å². The van der Waals surface area contributed by atoms with Crippen molar-refractivity contribution in [1.29, 1.82) is 0 Å². The maximum absolute atomic E-state index is 2.31. The minimum Gasteiger partial charge on any atom is -0.0620 e. The molecule has 0 saturated heterocycles. The smallest absolute Gasteiger partial charge is 0.0276 e. The molecule has 0 radical (unpaired) electrons. The van der Waals surface area contributed by atoms with Crippen LogP contribution >= 0.6 is 0 Å². The van der Waals surface area contributed by atoms with E-state index in [1.165, 1.54) is 44.9 Å². The highest BCUT2D eigenvalue weighted by Crippen LogP contribution is 2.19. The molecular formula is C13H18. The summed E-state index contributed by atoms with van der Waals surface area (Å²) in [5, 5.41) is 0. The van der Waals surface area contributed by atoms with Gasteiger partial charge in [-0.1, -0.05) is 43.5 Å². The lowest BCUT2D eigenvalue weighted by molar-refractivity contribution is 0.629. The SMILES string of the molecule is c1ccc2c(c1)CCCCCCC2. The molecule has 0 atom stereocenters. The average molecular weight is 174 g/mol. The molecule has 0 heterocycles. The molecule has 70 valence electrons. The highest BCUT2D eigenvalue weighted by Gasteiger charge is 2.04. The Balaban J connectivity index is 2.17. The van der Waals surface area contributed by atoms with Gasteiger partial charge in [-0.15, -0.1) is 0 Å². The van der Waals surface area contributed by atoms with Crippen LogP contribution in [0.4, 0.5) is 0 Å². The Bertz CT molecular complexity index is 235. The molecule has 13 heavy (non-hydrogen) atoms. The Morgan fingerprint density at radius 2 is 1.08 bits per heavy atom. The fourth-order valence-electron chi connectivity index (χ4n) is 2.21. The first-order chi connectivity index (χ1) is 6.47. The van der Waals surface area contributed by atoms with E-state index in [0.29, 0.717) is 0 Å². The van der Waals surface area contributed by atoms with E-state index in [1.807, 2.05) is 0 Å². The largest absolute Gasteiger partial charge is 0.0620 e. The highest BCUT2D eigenvalue weighted by molar-refractivity contribution is 5.27. The summed E-state index contributed by atoms with van der Waals surface area (Å²) in [4.78, 5) is 0. The van der Waals surface area contributed by atoms with Crippen molar-refractivity contribution in [2.24, 2.45) is 0 Å². The van der Waals surface area contributed by atoms with Crippen LogP contribution in [-0.4, -0.2) is 0 Å². The second kappa shape index (κ2) is 4.45. The van der Waals surface area contributed by atoms with Gasteiger partial charge in [0.25, 0.3) is 0 Å². The first-order valence-electron chi connectivity index (χ1n) is 5.53. The third-order valence-corrected chi connectivity index (χ3v) is 3.01. The molecule has 0 saturated carbocycles. The van der Waals surface area contributed by atoms with Gasteiger partial charge in [0.15, 0.2) is 0 Å². The van der Waals surface area contributed by atoms with E-state index in [2.05, 4.69) is 24.3 Å². The Morgan fingerprint density at radius 3 is 1.62 bits per heavy atom. The fraction of sp³-hybridized carbons (Fsp3) is 0.538. The van der Waals surface area contributed by atoms with Crippen LogP contribution in [0, 0.1) is 0 Å². The third-order valence-electron chi connectivity index (χ3n) is 3.01. The molecule has 1 aliphatic carbocycles. The Hall–Kier alpha value is -0.780. The highest BCUT2D eigenvalue weighted by atomic mass is 14.1. The van der Waals surface area contributed by atoms with Gasteiger partial charge in [-0.25, -0.2) is 0 Å². The lowest BCUT2D eigenvalue weighted by Crippen LogP contribution is -1.92. The summed E-state index contributed by atoms with van der Waals surface area (Å²) in [6.07, 6.45) is 9.66. The van der Waals surface area contributed by atoms with E-state index in [1.54, 1.807) is 11.1 Å². The monoisotopic (exact) mass is 174 g/mol. The molecule has 1 aromatic carbocycles. The summed E-state index contributed by atoms with van der Waals surface area (Å²) >= 11 is 0. The van der Waals surface area contributed by atoms with E-state index >= 15 is 0 Å². The van der Waals surface area contributed by atoms with Gasteiger partial charge in [-0.2, -0.15) is 0 Å². The van der Waals surface area contributed by atoms with Crippen molar-refractivity contribution in [2.75, 3.05) is 0 Å². The van der Waals surface area contributed by atoms with Gasteiger partial charge in [-0.05, 0) is 36.8 Å². The first-order valence-corrected chi connectivity index (χ1v) is 5.53. The molecule has 0 heteroatoms. The van der Waals surface area contributed by atoms with Gasteiger partial charge in [-0.3, -0.25) is 0 Å². The molecule has 1 aromatic rings. The zero-order valence-electron chi connectivity index (χ0n) is 8.26. The quantitative estimate of drug-likeness (QED) is 0.562. The summed E-state index contributed by atoms with van der Waals surface area (Å²) in [5.41, 5.74) is 3.20. The fourth-order valence-corrected chi connectivity index (χ4v) is 2.21. The topological polar surface area (TPSA) is 0 Å². The minimum atomic E-state index is 1.30. The number of hydrogen-bond acceptors (Lipinski definition) is 0. The molecule has 0 amide bonds. The van der Waals surface area contributed by atoms with Crippen LogP contribution in [0.15, 0.2) is 24.3 Å². The van der Waals surface area contributed by atoms with E-state index in [4.69, 9.17) is 0 Å². The lowest BCUT2D eigenvalue weighted by atomic mass is 10.00. The van der Waals surface area contributed by atoms with Gasteiger partial charge in [0, 0.05) is 0 Å². The molecular weight excluding hydrogens is 156 g/mol. The Labute approximate surface area is 81.0 Å². The molecule has 0 aliphatic heterocycles. The average Bonchev–Trinajstić information content (AvgIpc) is 2.28. The number of benzene rings is 1. The van der Waals surface area contributed by atoms with Gasteiger partial charge in [0.2, 0.25) is 0 Å². The lowest BCUT2D eigenvalue weighted by Gasteiger charge is -2.06. The van der Waals surface area contributed by atoms with E-state index in [0.717, 1.165) is 0 Å². The standard InChI is InChI=1S/C13H18/c1-2-4-8-12-10-6-7-11-13(12)9-5-3-1/h6-7,10-11H,1-5,8-9H2. The number of rotatable bonds is 0. The Kier molecular flexibility index (Phi) is 3.02. The third kappa shape index (κ3) is 2.33. The number of fused-ring (bicyclic) bond motifs is 1. The van der Waals surface area contributed by atoms with Crippen LogP contribution in [0.25, 0.3) is 0 Å². The van der Waals surface area contributed by atoms with Crippen LogP contribution < -0.4 is 0 Å². The van der Waals surface area contributed by atoms with Crippen molar-refractivity contribution < 1.29 is 0 Å². The van der Waals surface area contributed by atoms with Crippen molar-refractivity contribution in [3.8, 4) is 0 Å². The van der Waals surface area contributed by atoms with Crippen molar-refractivity contribution in [1.82, 2.24) is 0 Å². The summed E-state index contributed by atoms with van der Waals surface area (Å²) < 4.78 is 0. The van der Waals surface area contributed by atoms with Gasteiger partial charge in [0.05, 0.1) is 0 Å². The van der Waals surface area contributed by atoms with Crippen LogP contribution in [0.1, 0.15) is 43.2 Å². The van der Waals surface area contributed by atoms with Gasteiger partial charge in [0.1, 0.15) is 0 Å². The predicted octanol–water partition coefficient (Wildman–Crippen LogP) is 3.74. The normalized spacial score (nSPS) is 18.2. The van der Waals surface area contributed by atoms with E-state index in [9.17, 15) is 0 Å². The van der Waals surface area contributed by atoms with Crippen molar-refractivity contribution >= 4 is 0 Å². The van der Waals surface area contributed by atoms with Crippen LogP contribution in [-0.2, 0) is 12.8 Å². The Morgan fingerprint density at radius 1 is 0.615 bits per heavy atom. The molecule has 0 fully saturated rings. The van der Waals surface area contributed by atoms with Gasteiger partial charge < -0.3 is 0 Å². The summed E-state index contributed by atoms with van der Waals surface area (Å²) in [5.74, 6) is 0. The first kappa shape index (κ1) is 8.80. The van der Waals surface area contributed by atoms with Crippen molar-refractivity contribution in [2.45, 2.75) is 44.9 Å². The number of aryl methyl sites for hydroxylation is 2. The maximum Gasteiger partial charge on any atom is -0.0276 e. The molecule has 0 aromatic heterocycles. The molecule has 0 unspecified atom stereocenters. The van der Waals surface area contributed by atoms with Crippen LogP contribution in [0.2, 0.25) is 0 Å². The molecule has 1 aliphatic rings. The molecule has 0 nitrogen and oxygen atoms in total. The molecule has 0 spiro atoms.